The summed E-state index contributed by atoms with van der Waals surface area (Å²) in [6.45, 7) is 3.49. The molecule has 112 valence electrons. The first-order valence-electron chi connectivity index (χ1n) is 7.28. The summed E-state index contributed by atoms with van der Waals surface area (Å²) in [5.41, 5.74) is 0.955. The summed E-state index contributed by atoms with van der Waals surface area (Å²) >= 11 is 0. The average molecular weight is 297 g/mol. The van der Waals surface area contributed by atoms with Crippen LogP contribution < -0.4 is 0 Å². The van der Waals surface area contributed by atoms with Gasteiger partial charge in [0.05, 0.1) is 4.90 Å². The third-order valence-electron chi connectivity index (χ3n) is 4.11. The predicted molar refractivity (Wildman–Crippen MR) is 79.0 cm³/mol. The SMILES string of the molecule is CCC1CCN(S(=O)(=O)c2ccc(CCO)cc2)CC1. The van der Waals surface area contributed by atoms with Gasteiger partial charge in [-0.1, -0.05) is 25.5 Å². The van der Waals surface area contributed by atoms with Crippen LogP contribution in [-0.4, -0.2) is 37.5 Å². The van der Waals surface area contributed by atoms with Gasteiger partial charge in [-0.3, -0.25) is 0 Å². The van der Waals surface area contributed by atoms with Gasteiger partial charge in [-0.25, -0.2) is 8.42 Å². The number of benzene rings is 1. The van der Waals surface area contributed by atoms with Crippen molar-refractivity contribution in [2.45, 2.75) is 37.5 Å². The van der Waals surface area contributed by atoms with Gasteiger partial charge in [-0.05, 0) is 42.9 Å². The van der Waals surface area contributed by atoms with E-state index in [1.54, 1.807) is 28.6 Å². The summed E-state index contributed by atoms with van der Waals surface area (Å²) in [5, 5.41) is 8.87. The van der Waals surface area contributed by atoms with Gasteiger partial charge in [0.15, 0.2) is 0 Å². The maximum absolute atomic E-state index is 12.5. The highest BCUT2D eigenvalue weighted by molar-refractivity contribution is 7.89. The highest BCUT2D eigenvalue weighted by atomic mass is 32.2. The smallest absolute Gasteiger partial charge is 0.243 e. The van der Waals surface area contributed by atoms with Crippen molar-refractivity contribution in [3.05, 3.63) is 29.8 Å². The molecule has 1 heterocycles. The summed E-state index contributed by atoms with van der Waals surface area (Å²) < 4.78 is 26.7. The van der Waals surface area contributed by atoms with Crippen LogP contribution >= 0.6 is 0 Å². The second-order valence-electron chi connectivity index (χ2n) is 5.37. The highest BCUT2D eigenvalue weighted by Crippen LogP contribution is 2.25. The van der Waals surface area contributed by atoms with Gasteiger partial charge in [0.2, 0.25) is 10.0 Å². The molecule has 1 fully saturated rings. The first-order chi connectivity index (χ1) is 9.57. The Bertz CT molecular complexity index is 517. The maximum Gasteiger partial charge on any atom is 0.243 e. The Morgan fingerprint density at radius 1 is 1.20 bits per heavy atom. The Kier molecular flexibility index (Phi) is 5.18. The quantitative estimate of drug-likeness (QED) is 0.904. The van der Waals surface area contributed by atoms with E-state index in [0.29, 0.717) is 30.3 Å². The summed E-state index contributed by atoms with van der Waals surface area (Å²) in [6.07, 6.45) is 3.60. The van der Waals surface area contributed by atoms with E-state index >= 15 is 0 Å². The van der Waals surface area contributed by atoms with Crippen molar-refractivity contribution in [1.29, 1.82) is 0 Å². The maximum atomic E-state index is 12.5. The van der Waals surface area contributed by atoms with Gasteiger partial charge in [0.25, 0.3) is 0 Å². The van der Waals surface area contributed by atoms with Crippen LogP contribution in [0.5, 0.6) is 0 Å². The Labute approximate surface area is 121 Å². The van der Waals surface area contributed by atoms with Crippen LogP contribution in [0.25, 0.3) is 0 Å². The van der Waals surface area contributed by atoms with Crippen LogP contribution in [0.4, 0.5) is 0 Å². The topological polar surface area (TPSA) is 57.6 Å². The van der Waals surface area contributed by atoms with Crippen LogP contribution in [0.3, 0.4) is 0 Å². The predicted octanol–water partition coefficient (Wildman–Crippen LogP) is 2.03. The second kappa shape index (κ2) is 6.70. The number of piperidine rings is 1. The second-order valence-corrected chi connectivity index (χ2v) is 7.31. The lowest BCUT2D eigenvalue weighted by Gasteiger charge is -2.30. The van der Waals surface area contributed by atoms with E-state index in [0.717, 1.165) is 24.8 Å². The zero-order valence-electron chi connectivity index (χ0n) is 12.0. The van der Waals surface area contributed by atoms with E-state index in [2.05, 4.69) is 6.92 Å². The Hall–Kier alpha value is -0.910. The summed E-state index contributed by atoms with van der Waals surface area (Å²) in [5.74, 6) is 0.661. The molecule has 1 aromatic rings. The van der Waals surface area contributed by atoms with Crippen molar-refractivity contribution in [1.82, 2.24) is 4.31 Å². The summed E-state index contributed by atoms with van der Waals surface area (Å²) in [4.78, 5) is 0.356. The normalized spacial score (nSPS) is 18.3. The number of aliphatic hydroxyl groups is 1. The molecule has 0 radical (unpaired) electrons. The van der Waals surface area contributed by atoms with Crippen molar-refractivity contribution in [3.8, 4) is 0 Å². The van der Waals surface area contributed by atoms with Gasteiger partial charge in [-0.2, -0.15) is 4.31 Å². The van der Waals surface area contributed by atoms with Crippen LogP contribution in [0.1, 0.15) is 31.7 Å². The minimum atomic E-state index is -3.35. The number of hydrogen-bond acceptors (Lipinski definition) is 3. The molecule has 0 bridgehead atoms. The number of rotatable bonds is 5. The minimum absolute atomic E-state index is 0.0800. The van der Waals surface area contributed by atoms with E-state index in [1.807, 2.05) is 0 Å². The van der Waals surface area contributed by atoms with Crippen LogP contribution in [0, 0.1) is 5.92 Å². The lowest BCUT2D eigenvalue weighted by atomic mass is 9.96. The molecular weight excluding hydrogens is 274 g/mol. The fourth-order valence-corrected chi connectivity index (χ4v) is 4.13. The van der Waals surface area contributed by atoms with E-state index < -0.39 is 10.0 Å². The molecule has 2 rings (SSSR count). The van der Waals surface area contributed by atoms with Crippen molar-refractivity contribution < 1.29 is 13.5 Å². The number of aliphatic hydroxyl groups excluding tert-OH is 1. The molecule has 0 aliphatic carbocycles. The molecule has 0 aromatic heterocycles. The molecule has 0 atom stereocenters. The molecule has 1 aromatic carbocycles. The summed E-state index contributed by atoms with van der Waals surface area (Å²) in [7, 11) is -3.35. The highest BCUT2D eigenvalue weighted by Gasteiger charge is 2.28. The van der Waals surface area contributed by atoms with E-state index in [1.165, 1.54) is 0 Å². The van der Waals surface area contributed by atoms with Gasteiger partial charge < -0.3 is 5.11 Å². The zero-order chi connectivity index (χ0) is 14.6. The largest absolute Gasteiger partial charge is 0.396 e. The van der Waals surface area contributed by atoms with E-state index in [9.17, 15) is 8.42 Å². The molecular formula is C15H23NO3S. The number of sulfonamides is 1. The average Bonchev–Trinajstić information content (AvgIpc) is 2.48. The standard InChI is InChI=1S/C15H23NO3S/c1-2-13-7-10-16(11-8-13)20(18,19)15-5-3-14(4-6-15)9-12-17/h3-6,13,17H,2,7-12H2,1H3. The molecule has 20 heavy (non-hydrogen) atoms. The van der Waals surface area contributed by atoms with Crippen LogP contribution in [-0.2, 0) is 16.4 Å². The number of hydrogen-bond donors (Lipinski definition) is 1. The zero-order valence-corrected chi connectivity index (χ0v) is 12.8. The fraction of sp³-hybridized carbons (Fsp3) is 0.600. The monoisotopic (exact) mass is 297 g/mol. The fourth-order valence-electron chi connectivity index (χ4n) is 2.66. The lowest BCUT2D eigenvalue weighted by molar-refractivity contribution is 0.269. The van der Waals surface area contributed by atoms with Crippen molar-refractivity contribution in [2.75, 3.05) is 19.7 Å². The third kappa shape index (κ3) is 3.40. The van der Waals surface area contributed by atoms with E-state index in [4.69, 9.17) is 5.11 Å². The summed E-state index contributed by atoms with van der Waals surface area (Å²) in [6, 6.07) is 6.85. The van der Waals surface area contributed by atoms with Crippen molar-refractivity contribution in [3.63, 3.8) is 0 Å². The van der Waals surface area contributed by atoms with Gasteiger partial charge in [-0.15, -0.1) is 0 Å². The minimum Gasteiger partial charge on any atom is -0.396 e. The first-order valence-corrected chi connectivity index (χ1v) is 8.72. The van der Waals surface area contributed by atoms with Gasteiger partial charge in [0.1, 0.15) is 0 Å². The molecule has 0 amide bonds. The van der Waals surface area contributed by atoms with Crippen LogP contribution in [0.2, 0.25) is 0 Å². The van der Waals surface area contributed by atoms with Crippen LogP contribution in [0.15, 0.2) is 29.2 Å². The Balaban J connectivity index is 2.10. The van der Waals surface area contributed by atoms with Gasteiger partial charge in [0, 0.05) is 19.7 Å². The third-order valence-corrected chi connectivity index (χ3v) is 6.03. The molecule has 0 saturated carbocycles. The number of nitrogens with zero attached hydrogens (tertiary/aromatic N) is 1. The first kappa shape index (κ1) is 15.5. The molecule has 4 nitrogen and oxygen atoms in total. The molecule has 0 unspecified atom stereocenters. The van der Waals surface area contributed by atoms with E-state index in [-0.39, 0.29) is 6.61 Å². The molecule has 1 aliphatic rings. The molecule has 1 saturated heterocycles. The lowest BCUT2D eigenvalue weighted by Crippen LogP contribution is -2.38. The van der Waals surface area contributed by atoms with Gasteiger partial charge >= 0.3 is 0 Å². The molecule has 1 N–H and O–H groups in total. The van der Waals surface area contributed by atoms with Crippen molar-refractivity contribution in [2.24, 2.45) is 5.92 Å². The van der Waals surface area contributed by atoms with Crippen molar-refractivity contribution >= 4 is 10.0 Å². The molecule has 0 spiro atoms. The Morgan fingerprint density at radius 2 is 1.80 bits per heavy atom. The Morgan fingerprint density at radius 3 is 2.30 bits per heavy atom. The molecule has 5 heteroatoms. The molecule has 1 aliphatic heterocycles.